The molecular weight excluding hydrogens is 304 g/mol. The molecule has 2 aromatic rings. The predicted octanol–water partition coefficient (Wildman–Crippen LogP) is 3.55. The first-order valence-corrected chi connectivity index (χ1v) is 5.94. The summed E-state index contributed by atoms with van der Waals surface area (Å²) in [6.45, 7) is 0. The van der Waals surface area contributed by atoms with Crippen LogP contribution < -0.4 is 0 Å². The summed E-state index contributed by atoms with van der Waals surface area (Å²) in [6.07, 6.45) is 1.40. The topological polar surface area (TPSA) is 30.0 Å². The van der Waals surface area contributed by atoms with E-state index in [4.69, 9.17) is 0 Å². The average molecular weight is 312 g/mol. The Kier molecular flexibility index (Phi) is 3.81. The molecule has 2 nitrogen and oxygen atoms in total. The van der Waals surface area contributed by atoms with Crippen LogP contribution in [0.2, 0.25) is 0 Å². The minimum atomic E-state index is -0.696. The molecule has 0 saturated heterocycles. The third-order valence-corrected chi connectivity index (χ3v) is 2.95. The van der Waals surface area contributed by atoms with E-state index in [9.17, 15) is 13.6 Å². The van der Waals surface area contributed by atoms with Crippen LogP contribution >= 0.6 is 15.9 Å². The van der Waals surface area contributed by atoms with Crippen molar-refractivity contribution in [3.8, 4) is 0 Å². The van der Waals surface area contributed by atoms with Crippen molar-refractivity contribution in [2.24, 2.45) is 0 Å². The van der Waals surface area contributed by atoms with Gasteiger partial charge in [-0.15, -0.1) is 0 Å². The molecule has 0 spiro atoms. The molecule has 1 aromatic heterocycles. The Balaban J connectivity index is 2.24. The van der Waals surface area contributed by atoms with Gasteiger partial charge in [-0.05, 0) is 45.8 Å². The van der Waals surface area contributed by atoms with E-state index in [2.05, 4.69) is 20.9 Å². The minimum Gasteiger partial charge on any atom is -0.292 e. The third-order valence-electron chi connectivity index (χ3n) is 2.31. The van der Waals surface area contributed by atoms with Crippen LogP contribution in [-0.4, -0.2) is 10.8 Å². The highest BCUT2D eigenvalue weighted by molar-refractivity contribution is 9.10. The van der Waals surface area contributed by atoms with Gasteiger partial charge in [0.15, 0.2) is 5.78 Å². The van der Waals surface area contributed by atoms with Crippen LogP contribution in [0.4, 0.5) is 8.78 Å². The second-order valence-electron chi connectivity index (χ2n) is 3.71. The van der Waals surface area contributed by atoms with Crippen LogP contribution in [-0.2, 0) is 6.42 Å². The zero-order valence-corrected chi connectivity index (χ0v) is 10.7. The molecule has 0 aliphatic heterocycles. The Morgan fingerprint density at radius 3 is 2.50 bits per heavy atom. The molecule has 0 aliphatic carbocycles. The maximum atomic E-state index is 13.0. The van der Waals surface area contributed by atoms with E-state index in [0.717, 1.165) is 18.2 Å². The van der Waals surface area contributed by atoms with E-state index < -0.39 is 11.6 Å². The number of carbonyl (C=O) groups excluding carboxylic acids is 1. The minimum absolute atomic E-state index is 0.0930. The van der Waals surface area contributed by atoms with E-state index in [1.54, 1.807) is 12.1 Å². The Bertz CT molecular complexity index is 581. The van der Waals surface area contributed by atoms with Gasteiger partial charge in [-0.25, -0.2) is 8.78 Å². The number of benzene rings is 1. The van der Waals surface area contributed by atoms with Crippen LogP contribution in [0.5, 0.6) is 0 Å². The van der Waals surface area contributed by atoms with Gasteiger partial charge in [-0.3, -0.25) is 9.78 Å². The highest BCUT2D eigenvalue weighted by Crippen LogP contribution is 2.16. The van der Waals surface area contributed by atoms with Crippen molar-refractivity contribution in [2.75, 3.05) is 0 Å². The molecule has 0 atom stereocenters. The highest BCUT2D eigenvalue weighted by Gasteiger charge is 2.13. The Morgan fingerprint density at radius 1 is 1.22 bits per heavy atom. The van der Waals surface area contributed by atoms with Crippen LogP contribution in [0.25, 0.3) is 0 Å². The number of hydrogen-bond acceptors (Lipinski definition) is 2. The third kappa shape index (κ3) is 2.98. The van der Waals surface area contributed by atoms with Crippen molar-refractivity contribution in [3.63, 3.8) is 0 Å². The fraction of sp³-hybridized carbons (Fsp3) is 0.0769. The molecule has 0 amide bonds. The SMILES string of the molecule is O=C(Cc1cc(F)cc(F)c1)c1ncccc1Br. The smallest absolute Gasteiger partial charge is 0.186 e. The summed E-state index contributed by atoms with van der Waals surface area (Å²) < 4.78 is 26.5. The quantitative estimate of drug-likeness (QED) is 0.811. The maximum Gasteiger partial charge on any atom is 0.186 e. The second kappa shape index (κ2) is 5.35. The lowest BCUT2D eigenvalue weighted by molar-refractivity contribution is 0.0987. The van der Waals surface area contributed by atoms with Crippen molar-refractivity contribution in [1.82, 2.24) is 4.98 Å². The molecule has 1 heterocycles. The van der Waals surface area contributed by atoms with Crippen molar-refractivity contribution < 1.29 is 13.6 Å². The van der Waals surface area contributed by atoms with Crippen molar-refractivity contribution in [1.29, 1.82) is 0 Å². The van der Waals surface area contributed by atoms with Gasteiger partial charge < -0.3 is 0 Å². The fourth-order valence-electron chi connectivity index (χ4n) is 1.57. The number of rotatable bonds is 3. The Labute approximate surface area is 111 Å². The number of aromatic nitrogens is 1. The second-order valence-corrected chi connectivity index (χ2v) is 4.57. The van der Waals surface area contributed by atoms with Crippen LogP contribution in [0.3, 0.4) is 0 Å². The Hall–Kier alpha value is -1.62. The van der Waals surface area contributed by atoms with E-state index in [-0.39, 0.29) is 23.5 Å². The molecule has 1 aromatic carbocycles. The van der Waals surface area contributed by atoms with Gasteiger partial charge in [-0.1, -0.05) is 0 Å². The molecule has 18 heavy (non-hydrogen) atoms. The van der Waals surface area contributed by atoms with Crippen LogP contribution in [0.1, 0.15) is 16.1 Å². The average Bonchev–Trinajstić information content (AvgIpc) is 2.27. The molecule has 92 valence electrons. The number of Topliss-reactive ketones (excluding diaryl/α,β-unsaturated/α-hetero) is 1. The van der Waals surface area contributed by atoms with E-state index in [0.29, 0.717) is 4.47 Å². The molecular formula is C13H8BrF2NO. The van der Waals surface area contributed by atoms with Crippen molar-refractivity contribution in [3.05, 3.63) is 63.9 Å². The molecule has 0 bridgehead atoms. The van der Waals surface area contributed by atoms with Crippen LogP contribution in [0, 0.1) is 11.6 Å². The zero-order chi connectivity index (χ0) is 13.1. The predicted molar refractivity (Wildman–Crippen MR) is 66.3 cm³/mol. The lowest BCUT2D eigenvalue weighted by Crippen LogP contribution is -2.07. The van der Waals surface area contributed by atoms with E-state index in [1.165, 1.54) is 6.20 Å². The summed E-state index contributed by atoms with van der Waals surface area (Å²) in [7, 11) is 0. The van der Waals surface area contributed by atoms with Gasteiger partial charge in [0.1, 0.15) is 17.3 Å². The first-order chi connectivity index (χ1) is 8.56. The molecule has 0 N–H and O–H groups in total. The van der Waals surface area contributed by atoms with Crippen molar-refractivity contribution in [2.45, 2.75) is 6.42 Å². The van der Waals surface area contributed by atoms with E-state index >= 15 is 0 Å². The van der Waals surface area contributed by atoms with E-state index in [1.807, 2.05) is 0 Å². The lowest BCUT2D eigenvalue weighted by atomic mass is 10.1. The van der Waals surface area contributed by atoms with Crippen LogP contribution in [0.15, 0.2) is 41.0 Å². The van der Waals surface area contributed by atoms with Gasteiger partial charge >= 0.3 is 0 Å². The van der Waals surface area contributed by atoms with Gasteiger partial charge in [0.05, 0.1) is 0 Å². The van der Waals surface area contributed by atoms with Gasteiger partial charge in [-0.2, -0.15) is 0 Å². The van der Waals surface area contributed by atoms with Gasteiger partial charge in [0.2, 0.25) is 0 Å². The molecule has 0 unspecified atom stereocenters. The van der Waals surface area contributed by atoms with Gasteiger partial charge in [0.25, 0.3) is 0 Å². The molecule has 5 heteroatoms. The first kappa shape index (κ1) is 12.8. The number of ketones is 1. The Morgan fingerprint density at radius 2 is 1.89 bits per heavy atom. The normalized spacial score (nSPS) is 10.4. The summed E-state index contributed by atoms with van der Waals surface area (Å²) in [4.78, 5) is 15.9. The molecule has 0 fully saturated rings. The largest absolute Gasteiger partial charge is 0.292 e. The first-order valence-electron chi connectivity index (χ1n) is 5.15. The maximum absolute atomic E-state index is 13.0. The summed E-state index contributed by atoms with van der Waals surface area (Å²) in [5, 5.41) is 0. The fourth-order valence-corrected chi connectivity index (χ4v) is 2.05. The summed E-state index contributed by atoms with van der Waals surface area (Å²) in [5.74, 6) is -1.69. The molecule has 0 aliphatic rings. The van der Waals surface area contributed by atoms with Crippen molar-refractivity contribution >= 4 is 21.7 Å². The lowest BCUT2D eigenvalue weighted by Gasteiger charge is -2.03. The number of halogens is 3. The summed E-state index contributed by atoms with van der Waals surface area (Å²) in [5.41, 5.74) is 0.539. The summed E-state index contributed by atoms with van der Waals surface area (Å²) in [6, 6.07) is 6.41. The monoisotopic (exact) mass is 311 g/mol. The number of nitrogens with zero attached hydrogens (tertiary/aromatic N) is 1. The zero-order valence-electron chi connectivity index (χ0n) is 9.16. The number of hydrogen-bond donors (Lipinski definition) is 0. The highest BCUT2D eigenvalue weighted by atomic mass is 79.9. The molecule has 0 saturated carbocycles. The van der Waals surface area contributed by atoms with Gasteiger partial charge in [0, 0.05) is 23.2 Å². The molecule has 0 radical (unpaired) electrons. The standard InChI is InChI=1S/C13H8BrF2NO/c14-11-2-1-3-17-13(11)12(18)6-8-4-9(15)7-10(16)5-8/h1-5,7H,6H2. The number of carbonyl (C=O) groups is 1. The summed E-state index contributed by atoms with van der Waals surface area (Å²) >= 11 is 3.21. The molecule has 2 rings (SSSR count). The number of pyridine rings is 1.